The van der Waals surface area contributed by atoms with Crippen molar-refractivity contribution < 1.29 is 4.79 Å². The molecule has 5 nitrogen and oxygen atoms in total. The number of fused-ring (bicyclic) bond motifs is 1. The number of amides is 1. The molecular weight excluding hydrogens is 284 g/mol. The molecule has 0 unspecified atom stereocenters. The van der Waals surface area contributed by atoms with Crippen LogP contribution in [0.3, 0.4) is 0 Å². The maximum Gasteiger partial charge on any atom is 0.254 e. The third-order valence-electron chi connectivity index (χ3n) is 3.23. The molecule has 106 valence electrons. The van der Waals surface area contributed by atoms with Crippen LogP contribution >= 0.6 is 12.2 Å². The minimum absolute atomic E-state index is 0.218. The molecule has 0 fully saturated rings. The van der Waals surface area contributed by atoms with E-state index in [-0.39, 0.29) is 11.9 Å². The zero-order valence-electron chi connectivity index (χ0n) is 11.4. The van der Waals surface area contributed by atoms with Gasteiger partial charge < -0.3 is 15.3 Å². The molecule has 3 N–H and O–H groups in total. The highest BCUT2D eigenvalue weighted by Gasteiger charge is 2.15. The summed E-state index contributed by atoms with van der Waals surface area (Å²) in [5, 5.41) is 2.89. The summed E-state index contributed by atoms with van der Waals surface area (Å²) in [5.41, 5.74) is 2.28. The monoisotopic (exact) mass is 298 g/mol. The Kier molecular flexibility index (Phi) is 3.53. The van der Waals surface area contributed by atoms with Gasteiger partial charge in [-0.05, 0) is 31.2 Å². The van der Waals surface area contributed by atoms with E-state index in [4.69, 9.17) is 12.2 Å². The number of H-pyrrole nitrogens is 2. The van der Waals surface area contributed by atoms with Crippen LogP contribution in [0.1, 0.15) is 29.1 Å². The standard InChI is InChI=1S/C15H14N4OS/c1-9(13-18-11-6-2-3-7-12(11)19-13)17-14(20)10-5-4-8-16-15(10)21/h2-9H,1H3,(H,16,21)(H,17,20)(H,18,19)/t9-/m1/s1. The quantitative estimate of drug-likeness (QED) is 0.650. The highest BCUT2D eigenvalue weighted by molar-refractivity contribution is 7.71. The molecule has 0 spiro atoms. The van der Waals surface area contributed by atoms with Crippen molar-refractivity contribution in [1.82, 2.24) is 20.3 Å². The van der Waals surface area contributed by atoms with Crippen LogP contribution in [0.15, 0.2) is 42.6 Å². The van der Waals surface area contributed by atoms with E-state index in [2.05, 4.69) is 20.3 Å². The molecule has 1 amide bonds. The molecular formula is C15H14N4OS. The highest BCUT2D eigenvalue weighted by atomic mass is 32.1. The van der Waals surface area contributed by atoms with Crippen molar-refractivity contribution in [3.05, 3.63) is 58.6 Å². The van der Waals surface area contributed by atoms with Crippen LogP contribution in [-0.4, -0.2) is 20.9 Å². The molecule has 0 aliphatic rings. The molecule has 1 atom stereocenters. The van der Waals surface area contributed by atoms with Crippen LogP contribution in [0.2, 0.25) is 0 Å². The van der Waals surface area contributed by atoms with Crippen LogP contribution in [0.5, 0.6) is 0 Å². The van der Waals surface area contributed by atoms with Gasteiger partial charge in [-0.1, -0.05) is 24.4 Å². The third-order valence-corrected chi connectivity index (χ3v) is 3.57. The lowest BCUT2D eigenvalue weighted by molar-refractivity contribution is 0.0937. The second-order valence-corrected chi connectivity index (χ2v) is 5.16. The first-order chi connectivity index (χ1) is 10.1. The number of nitrogens with one attached hydrogen (secondary N) is 3. The molecule has 0 saturated heterocycles. The van der Waals surface area contributed by atoms with Gasteiger partial charge >= 0.3 is 0 Å². The SMILES string of the molecule is C[C@@H](NC(=O)c1ccc[nH]c1=S)c1nc2ccccc2[nH]1. The van der Waals surface area contributed by atoms with Gasteiger partial charge in [-0.15, -0.1) is 0 Å². The Labute approximate surface area is 126 Å². The molecule has 1 aromatic carbocycles. The average Bonchev–Trinajstić information content (AvgIpc) is 2.91. The third kappa shape index (κ3) is 2.71. The fourth-order valence-corrected chi connectivity index (χ4v) is 2.35. The average molecular weight is 298 g/mol. The number of para-hydroxylation sites is 2. The van der Waals surface area contributed by atoms with Gasteiger partial charge in [-0.2, -0.15) is 0 Å². The van der Waals surface area contributed by atoms with Crippen molar-refractivity contribution >= 4 is 29.2 Å². The summed E-state index contributed by atoms with van der Waals surface area (Å²) in [5.74, 6) is 0.500. The molecule has 6 heteroatoms. The smallest absolute Gasteiger partial charge is 0.254 e. The van der Waals surface area contributed by atoms with E-state index in [1.165, 1.54) is 0 Å². The van der Waals surface area contributed by atoms with E-state index >= 15 is 0 Å². The highest BCUT2D eigenvalue weighted by Crippen LogP contribution is 2.16. The van der Waals surface area contributed by atoms with Gasteiger partial charge in [0, 0.05) is 6.20 Å². The molecule has 0 radical (unpaired) electrons. The Morgan fingerprint density at radius 1 is 1.29 bits per heavy atom. The van der Waals surface area contributed by atoms with Crippen molar-refractivity contribution in [1.29, 1.82) is 0 Å². The van der Waals surface area contributed by atoms with Crippen molar-refractivity contribution in [2.75, 3.05) is 0 Å². The van der Waals surface area contributed by atoms with E-state index in [0.29, 0.717) is 10.2 Å². The molecule has 21 heavy (non-hydrogen) atoms. The van der Waals surface area contributed by atoms with Gasteiger partial charge in [-0.3, -0.25) is 4.79 Å². The zero-order chi connectivity index (χ0) is 14.8. The van der Waals surface area contributed by atoms with E-state index in [1.807, 2.05) is 31.2 Å². The minimum Gasteiger partial charge on any atom is -0.352 e. The summed E-state index contributed by atoms with van der Waals surface area (Å²) < 4.78 is 0.423. The second-order valence-electron chi connectivity index (χ2n) is 4.75. The van der Waals surface area contributed by atoms with Gasteiger partial charge in [0.15, 0.2) is 0 Å². The zero-order valence-corrected chi connectivity index (χ0v) is 12.2. The summed E-state index contributed by atoms with van der Waals surface area (Å²) in [6, 6.07) is 11.0. The Bertz CT molecular complexity index is 819. The summed E-state index contributed by atoms with van der Waals surface area (Å²) >= 11 is 5.11. The molecule has 0 aliphatic heterocycles. The first-order valence-corrected chi connectivity index (χ1v) is 6.99. The van der Waals surface area contributed by atoms with Crippen LogP contribution < -0.4 is 5.32 Å². The van der Waals surface area contributed by atoms with Crippen molar-refractivity contribution in [2.45, 2.75) is 13.0 Å². The molecule has 0 saturated carbocycles. The van der Waals surface area contributed by atoms with Gasteiger partial charge in [0.1, 0.15) is 10.5 Å². The van der Waals surface area contributed by atoms with Crippen molar-refractivity contribution in [3.8, 4) is 0 Å². The number of hydrogen-bond acceptors (Lipinski definition) is 3. The lowest BCUT2D eigenvalue weighted by atomic mass is 10.2. The maximum absolute atomic E-state index is 12.2. The Hall–Kier alpha value is -2.47. The number of aromatic nitrogens is 3. The fraction of sp³-hybridized carbons (Fsp3) is 0.133. The van der Waals surface area contributed by atoms with Gasteiger partial charge in [0.25, 0.3) is 5.91 Å². The molecule has 0 bridgehead atoms. The predicted molar refractivity (Wildman–Crippen MR) is 83.6 cm³/mol. The van der Waals surface area contributed by atoms with E-state index in [1.54, 1.807) is 18.3 Å². The van der Waals surface area contributed by atoms with E-state index in [0.717, 1.165) is 16.9 Å². The summed E-state index contributed by atoms with van der Waals surface area (Å²) in [6.45, 7) is 1.88. The number of nitrogens with zero attached hydrogens (tertiary/aromatic N) is 1. The molecule has 3 rings (SSSR count). The van der Waals surface area contributed by atoms with Gasteiger partial charge in [-0.25, -0.2) is 4.98 Å². The number of imidazole rings is 1. The molecule has 2 aromatic heterocycles. The predicted octanol–water partition coefficient (Wildman–Crippen LogP) is 3.11. The Morgan fingerprint density at radius 2 is 2.10 bits per heavy atom. The number of aromatic amines is 2. The lowest BCUT2D eigenvalue weighted by Crippen LogP contribution is -2.27. The summed E-state index contributed by atoms with van der Waals surface area (Å²) in [7, 11) is 0. The summed E-state index contributed by atoms with van der Waals surface area (Å²) in [6.07, 6.45) is 1.70. The summed E-state index contributed by atoms with van der Waals surface area (Å²) in [4.78, 5) is 22.8. The number of carbonyl (C=O) groups excluding carboxylic acids is 1. The maximum atomic E-state index is 12.2. The van der Waals surface area contributed by atoms with Crippen LogP contribution in [-0.2, 0) is 0 Å². The minimum atomic E-state index is -0.237. The number of hydrogen-bond donors (Lipinski definition) is 3. The van der Waals surface area contributed by atoms with Gasteiger partial charge in [0.2, 0.25) is 0 Å². The normalized spacial score (nSPS) is 12.2. The van der Waals surface area contributed by atoms with Crippen molar-refractivity contribution in [2.24, 2.45) is 0 Å². The van der Waals surface area contributed by atoms with Gasteiger partial charge in [0.05, 0.1) is 22.6 Å². The van der Waals surface area contributed by atoms with E-state index < -0.39 is 0 Å². The second kappa shape index (κ2) is 5.49. The number of rotatable bonds is 3. The first-order valence-electron chi connectivity index (χ1n) is 6.58. The molecule has 3 aromatic rings. The van der Waals surface area contributed by atoms with E-state index in [9.17, 15) is 4.79 Å². The number of carbonyl (C=O) groups is 1. The fourth-order valence-electron chi connectivity index (χ4n) is 2.12. The Morgan fingerprint density at radius 3 is 2.86 bits per heavy atom. The van der Waals surface area contributed by atoms with Crippen LogP contribution in [0, 0.1) is 4.64 Å². The largest absolute Gasteiger partial charge is 0.352 e. The number of benzene rings is 1. The molecule has 0 aliphatic carbocycles. The Balaban J connectivity index is 1.83. The molecule has 2 heterocycles. The van der Waals surface area contributed by atoms with Crippen LogP contribution in [0.25, 0.3) is 11.0 Å². The van der Waals surface area contributed by atoms with Crippen LogP contribution in [0.4, 0.5) is 0 Å². The topological polar surface area (TPSA) is 73.6 Å². The number of pyridine rings is 1. The van der Waals surface area contributed by atoms with Crippen molar-refractivity contribution in [3.63, 3.8) is 0 Å². The lowest BCUT2D eigenvalue weighted by Gasteiger charge is -2.11. The first kappa shape index (κ1) is 13.5.